The summed E-state index contributed by atoms with van der Waals surface area (Å²) in [6.45, 7) is 2.77. The van der Waals surface area contributed by atoms with Crippen molar-refractivity contribution in [2.75, 3.05) is 44.2 Å². The lowest BCUT2D eigenvalue weighted by atomic mass is 9.88. The first-order valence-corrected chi connectivity index (χ1v) is 18.2. The molecular weight excluding hydrogens is 629 g/mol. The van der Waals surface area contributed by atoms with Gasteiger partial charge in [0.1, 0.15) is 0 Å². The van der Waals surface area contributed by atoms with E-state index in [-0.39, 0.29) is 29.2 Å². The van der Waals surface area contributed by atoms with Crippen molar-refractivity contribution < 1.29 is 22.8 Å². The molecule has 0 bridgehead atoms. The predicted molar refractivity (Wildman–Crippen MR) is 185 cm³/mol. The van der Waals surface area contributed by atoms with E-state index in [1.165, 1.54) is 6.07 Å². The number of fused-ring (bicyclic) bond motifs is 1. The summed E-state index contributed by atoms with van der Waals surface area (Å²) < 4.78 is 29.7. The molecule has 2 aromatic carbocycles. The number of carbonyl (C=O) groups is 3. The SMILES string of the molecule is O=C(CNS(=O)(=O)c1ccc2ccccc2c1)NCCCc1c(C(=O)C2CCN(c3ccncc3)CC2)ccn1C(=O)N1CCCCC1. The topological polar surface area (TPSA) is 134 Å². The number of rotatable bonds is 11. The first kappa shape index (κ1) is 33.4. The highest BCUT2D eigenvalue weighted by atomic mass is 32.2. The molecule has 6 rings (SSSR count). The average Bonchev–Trinajstić information content (AvgIpc) is 3.56. The van der Waals surface area contributed by atoms with Gasteiger partial charge in [0.2, 0.25) is 15.9 Å². The Morgan fingerprint density at radius 1 is 0.854 bits per heavy atom. The summed E-state index contributed by atoms with van der Waals surface area (Å²) in [5, 5.41) is 4.50. The summed E-state index contributed by atoms with van der Waals surface area (Å²) in [6, 6.07) is 17.9. The first-order chi connectivity index (χ1) is 23.3. The molecule has 2 fully saturated rings. The van der Waals surface area contributed by atoms with Gasteiger partial charge in [0.15, 0.2) is 5.78 Å². The van der Waals surface area contributed by atoms with Gasteiger partial charge in [-0.15, -0.1) is 0 Å². The average molecular weight is 671 g/mol. The van der Waals surface area contributed by atoms with Gasteiger partial charge in [0.05, 0.1) is 11.4 Å². The Bertz CT molecular complexity index is 1860. The fraction of sp³-hybridized carbons (Fsp3) is 0.389. The Hall–Kier alpha value is -4.55. The number of ketones is 1. The lowest BCUT2D eigenvalue weighted by Gasteiger charge is -2.33. The van der Waals surface area contributed by atoms with Crippen LogP contribution in [0.4, 0.5) is 10.5 Å². The Morgan fingerprint density at radius 3 is 2.33 bits per heavy atom. The third-order valence-corrected chi connectivity index (χ3v) is 10.7. The van der Waals surface area contributed by atoms with E-state index in [4.69, 9.17) is 0 Å². The quantitative estimate of drug-likeness (QED) is 0.176. The zero-order valence-corrected chi connectivity index (χ0v) is 27.8. The molecule has 48 heavy (non-hydrogen) atoms. The van der Waals surface area contributed by atoms with Crippen LogP contribution in [-0.4, -0.2) is 79.9 Å². The second kappa shape index (κ2) is 15.1. The molecule has 0 saturated carbocycles. The maximum atomic E-state index is 13.9. The minimum atomic E-state index is -3.88. The van der Waals surface area contributed by atoms with Crippen LogP contribution in [-0.2, 0) is 21.2 Å². The molecule has 2 N–H and O–H groups in total. The van der Waals surface area contributed by atoms with Gasteiger partial charge in [-0.05, 0) is 86.1 Å². The van der Waals surface area contributed by atoms with Crippen molar-refractivity contribution in [1.29, 1.82) is 0 Å². The number of amides is 2. The Labute approximate surface area is 281 Å². The molecule has 0 aliphatic carbocycles. The van der Waals surface area contributed by atoms with Crippen LogP contribution in [0.3, 0.4) is 0 Å². The normalized spacial score (nSPS) is 15.8. The largest absolute Gasteiger partial charge is 0.371 e. The minimum Gasteiger partial charge on any atom is -0.371 e. The van der Waals surface area contributed by atoms with E-state index in [1.54, 1.807) is 41.4 Å². The molecule has 2 aromatic heterocycles. The van der Waals surface area contributed by atoms with E-state index in [9.17, 15) is 22.8 Å². The van der Waals surface area contributed by atoms with E-state index in [0.717, 1.165) is 61.7 Å². The summed E-state index contributed by atoms with van der Waals surface area (Å²) in [7, 11) is -3.88. The number of nitrogens with one attached hydrogen (secondary N) is 2. The number of hydrogen-bond donors (Lipinski definition) is 2. The molecule has 4 heterocycles. The third-order valence-electron chi connectivity index (χ3n) is 9.35. The number of sulfonamides is 1. The van der Waals surface area contributed by atoms with Gasteiger partial charge in [-0.25, -0.2) is 17.9 Å². The molecule has 0 unspecified atom stereocenters. The maximum absolute atomic E-state index is 13.9. The van der Waals surface area contributed by atoms with Crippen molar-refractivity contribution in [2.24, 2.45) is 5.92 Å². The van der Waals surface area contributed by atoms with Crippen LogP contribution in [0, 0.1) is 5.92 Å². The molecule has 0 radical (unpaired) electrons. The number of aromatic nitrogens is 2. The van der Waals surface area contributed by atoms with E-state index < -0.39 is 22.5 Å². The van der Waals surface area contributed by atoms with Gasteiger partial charge in [0, 0.05) is 74.2 Å². The summed E-state index contributed by atoms with van der Waals surface area (Å²) >= 11 is 0. The fourth-order valence-corrected chi connectivity index (χ4v) is 7.68. The van der Waals surface area contributed by atoms with Gasteiger partial charge in [0.25, 0.3) is 0 Å². The molecule has 4 aromatic rings. The maximum Gasteiger partial charge on any atom is 0.328 e. The Balaban J connectivity index is 1.07. The highest BCUT2D eigenvalue weighted by molar-refractivity contribution is 7.89. The highest BCUT2D eigenvalue weighted by Gasteiger charge is 2.30. The molecule has 2 saturated heterocycles. The lowest BCUT2D eigenvalue weighted by molar-refractivity contribution is -0.119. The second-order valence-electron chi connectivity index (χ2n) is 12.5. The van der Waals surface area contributed by atoms with Crippen LogP contribution in [0.1, 0.15) is 54.6 Å². The molecule has 12 heteroatoms. The van der Waals surface area contributed by atoms with Gasteiger partial charge in [-0.2, -0.15) is 0 Å². The van der Waals surface area contributed by atoms with E-state index in [1.807, 2.05) is 41.3 Å². The number of Topliss-reactive ketones (excluding diaryl/α,β-unsaturated/α-hetero) is 1. The zero-order chi connectivity index (χ0) is 33.5. The summed E-state index contributed by atoms with van der Waals surface area (Å²) in [5.74, 6) is -0.550. The first-order valence-electron chi connectivity index (χ1n) is 16.7. The number of nitrogens with zero attached hydrogens (tertiary/aromatic N) is 4. The zero-order valence-electron chi connectivity index (χ0n) is 27.0. The molecule has 2 amide bonds. The molecule has 0 atom stereocenters. The van der Waals surface area contributed by atoms with Crippen LogP contribution in [0.25, 0.3) is 10.8 Å². The van der Waals surface area contributed by atoms with Crippen molar-refractivity contribution >= 4 is 44.2 Å². The van der Waals surface area contributed by atoms with Crippen LogP contribution in [0.5, 0.6) is 0 Å². The lowest BCUT2D eigenvalue weighted by Crippen LogP contribution is -2.39. The third kappa shape index (κ3) is 7.77. The second-order valence-corrected chi connectivity index (χ2v) is 14.3. The number of benzene rings is 2. The molecule has 252 valence electrons. The van der Waals surface area contributed by atoms with Crippen molar-refractivity contribution in [3.05, 3.63) is 90.5 Å². The number of carbonyl (C=O) groups excluding carboxylic acids is 3. The fourth-order valence-electron chi connectivity index (χ4n) is 6.66. The van der Waals surface area contributed by atoms with E-state index in [2.05, 4.69) is 19.9 Å². The number of likely N-dealkylation sites (tertiary alicyclic amines) is 1. The van der Waals surface area contributed by atoms with Crippen molar-refractivity contribution in [3.63, 3.8) is 0 Å². The van der Waals surface area contributed by atoms with Crippen molar-refractivity contribution in [1.82, 2.24) is 24.5 Å². The standard InChI is InChI=1S/C36H42N6O5S/c43-34(26-39-48(46,47)31-11-10-27-7-2-3-8-29(27)25-31)38-17-6-9-33-32(16-24-42(33)36(45)41-20-4-1-5-21-41)35(44)28-14-22-40(23-15-28)30-12-18-37-19-13-30/h2-3,7-8,10-13,16,18-19,24-25,28,39H,1,4-6,9,14-15,17,20-23,26H2,(H,38,43). The van der Waals surface area contributed by atoms with E-state index in [0.29, 0.717) is 37.2 Å². The molecular formula is C36H42N6O5S. The number of piperidine rings is 2. The number of pyridine rings is 1. The molecule has 0 spiro atoms. The number of hydrogen-bond acceptors (Lipinski definition) is 7. The Morgan fingerprint density at radius 2 is 1.58 bits per heavy atom. The predicted octanol–water partition coefficient (Wildman–Crippen LogP) is 4.62. The van der Waals surface area contributed by atoms with Gasteiger partial charge in [-0.3, -0.25) is 19.1 Å². The Kier molecular flexibility index (Phi) is 10.5. The van der Waals surface area contributed by atoms with E-state index >= 15 is 0 Å². The molecule has 2 aliphatic rings. The van der Waals surface area contributed by atoms with Crippen molar-refractivity contribution in [3.8, 4) is 0 Å². The molecule has 2 aliphatic heterocycles. The summed E-state index contributed by atoms with van der Waals surface area (Å²) in [4.78, 5) is 48.4. The van der Waals surface area contributed by atoms with Crippen LogP contribution in [0.2, 0.25) is 0 Å². The summed E-state index contributed by atoms with van der Waals surface area (Å²) in [5.41, 5.74) is 2.33. The van der Waals surface area contributed by atoms with Crippen LogP contribution >= 0.6 is 0 Å². The minimum absolute atomic E-state index is 0.0525. The van der Waals surface area contributed by atoms with Crippen LogP contribution in [0.15, 0.2) is 84.1 Å². The highest BCUT2D eigenvalue weighted by Crippen LogP contribution is 2.28. The van der Waals surface area contributed by atoms with Crippen LogP contribution < -0.4 is 14.9 Å². The summed E-state index contributed by atoms with van der Waals surface area (Å²) in [6.07, 6.45) is 10.6. The smallest absolute Gasteiger partial charge is 0.328 e. The van der Waals surface area contributed by atoms with Crippen molar-refractivity contribution in [2.45, 2.75) is 49.8 Å². The number of anilines is 1. The van der Waals surface area contributed by atoms with Gasteiger partial charge < -0.3 is 15.1 Å². The van der Waals surface area contributed by atoms with Gasteiger partial charge >= 0.3 is 6.03 Å². The van der Waals surface area contributed by atoms with Gasteiger partial charge in [-0.1, -0.05) is 30.3 Å². The monoisotopic (exact) mass is 670 g/mol. The molecule has 11 nitrogen and oxygen atoms in total.